The number of halogens is 2. The maximum atomic E-state index is 13.1. The summed E-state index contributed by atoms with van der Waals surface area (Å²) < 4.78 is 62.7. The molecule has 1 N–H and O–H groups in total. The number of hydrogen-bond donors (Lipinski definition) is 1. The molecule has 5 rings (SSSR count). The Morgan fingerprint density at radius 3 is 2.74 bits per heavy atom. The second kappa shape index (κ2) is 10.7. The van der Waals surface area contributed by atoms with Crippen LogP contribution in [0.1, 0.15) is 40.5 Å². The SMILES string of the molecule is COc1cc(C(F)F)ccc1-c1ccc2cnc(CNC(=O)c3ccc4c(c3)S(=O)(=O)[C@@H](C)COC4)cc2n1. The third kappa shape index (κ3) is 5.32. The number of carbonyl (C=O) groups is 1. The van der Waals surface area contributed by atoms with Crippen LogP contribution < -0.4 is 10.1 Å². The number of rotatable bonds is 6. The van der Waals surface area contributed by atoms with Gasteiger partial charge in [-0.3, -0.25) is 9.78 Å². The number of benzene rings is 2. The summed E-state index contributed by atoms with van der Waals surface area (Å²) in [5.41, 5.74) is 2.82. The van der Waals surface area contributed by atoms with Crippen LogP contribution in [0.5, 0.6) is 5.75 Å². The van der Waals surface area contributed by atoms with Crippen molar-refractivity contribution in [3.8, 4) is 17.0 Å². The number of pyridine rings is 2. The van der Waals surface area contributed by atoms with E-state index in [4.69, 9.17) is 9.47 Å². The number of sulfone groups is 1. The van der Waals surface area contributed by atoms with Crippen molar-refractivity contribution >= 4 is 26.6 Å². The average molecular weight is 554 g/mol. The lowest BCUT2D eigenvalue weighted by Gasteiger charge is -2.12. The number of amides is 1. The molecule has 0 saturated carbocycles. The molecule has 4 aromatic rings. The van der Waals surface area contributed by atoms with Gasteiger partial charge in [-0.2, -0.15) is 0 Å². The fourth-order valence-corrected chi connectivity index (χ4v) is 5.85. The van der Waals surface area contributed by atoms with E-state index in [1.807, 2.05) is 6.07 Å². The molecule has 1 atom stereocenters. The maximum Gasteiger partial charge on any atom is 0.263 e. The van der Waals surface area contributed by atoms with Crippen LogP contribution in [0.25, 0.3) is 22.2 Å². The van der Waals surface area contributed by atoms with Crippen molar-refractivity contribution in [1.29, 1.82) is 0 Å². The Labute approximate surface area is 223 Å². The maximum absolute atomic E-state index is 13.1. The zero-order valence-electron chi connectivity index (χ0n) is 21.1. The second-order valence-corrected chi connectivity index (χ2v) is 11.5. The molecule has 39 heavy (non-hydrogen) atoms. The van der Waals surface area contributed by atoms with Gasteiger partial charge in [0.25, 0.3) is 12.3 Å². The van der Waals surface area contributed by atoms with Gasteiger partial charge < -0.3 is 14.8 Å². The monoisotopic (exact) mass is 553 g/mol. The second-order valence-electron chi connectivity index (χ2n) is 9.20. The minimum absolute atomic E-state index is 0.0798. The minimum Gasteiger partial charge on any atom is -0.496 e. The van der Waals surface area contributed by atoms with E-state index in [9.17, 15) is 22.0 Å². The van der Waals surface area contributed by atoms with E-state index in [0.29, 0.717) is 28.0 Å². The molecule has 0 aliphatic carbocycles. The molecule has 0 fully saturated rings. The highest BCUT2D eigenvalue weighted by atomic mass is 32.2. The lowest BCUT2D eigenvalue weighted by atomic mass is 10.1. The molecule has 1 amide bonds. The van der Waals surface area contributed by atoms with E-state index in [-0.39, 0.29) is 41.5 Å². The van der Waals surface area contributed by atoms with Gasteiger partial charge in [0.15, 0.2) is 9.84 Å². The van der Waals surface area contributed by atoms with E-state index in [0.717, 1.165) is 5.39 Å². The first-order chi connectivity index (χ1) is 18.7. The van der Waals surface area contributed by atoms with E-state index in [2.05, 4.69) is 15.3 Å². The number of carbonyl (C=O) groups excluding carboxylic acids is 1. The smallest absolute Gasteiger partial charge is 0.263 e. The molecule has 8 nitrogen and oxygen atoms in total. The number of nitrogens with zero attached hydrogens (tertiary/aromatic N) is 2. The highest BCUT2D eigenvalue weighted by Gasteiger charge is 2.30. The number of methoxy groups -OCH3 is 1. The third-order valence-electron chi connectivity index (χ3n) is 6.59. The Hall–Kier alpha value is -3.96. The largest absolute Gasteiger partial charge is 0.496 e. The molecule has 0 spiro atoms. The molecular formula is C28H25F2N3O5S. The van der Waals surface area contributed by atoms with Crippen molar-refractivity contribution in [1.82, 2.24) is 15.3 Å². The van der Waals surface area contributed by atoms with Crippen molar-refractivity contribution < 1.29 is 31.5 Å². The van der Waals surface area contributed by atoms with Gasteiger partial charge in [-0.25, -0.2) is 22.2 Å². The van der Waals surface area contributed by atoms with Crippen LogP contribution in [0.15, 0.2) is 65.7 Å². The predicted octanol–water partition coefficient (Wildman–Crippen LogP) is 4.87. The zero-order valence-corrected chi connectivity index (χ0v) is 22.0. The van der Waals surface area contributed by atoms with Crippen LogP contribution in [-0.4, -0.2) is 43.3 Å². The summed E-state index contributed by atoms with van der Waals surface area (Å²) in [4.78, 5) is 22.0. The first-order valence-electron chi connectivity index (χ1n) is 12.1. The molecule has 2 aromatic heterocycles. The fraction of sp³-hybridized carbons (Fsp3) is 0.250. The summed E-state index contributed by atoms with van der Waals surface area (Å²) in [6.07, 6.45) is -0.990. The molecule has 0 saturated heterocycles. The number of aromatic nitrogens is 2. The van der Waals surface area contributed by atoms with Crippen molar-refractivity contribution in [2.45, 2.75) is 36.6 Å². The minimum atomic E-state index is -3.62. The Morgan fingerprint density at radius 2 is 1.97 bits per heavy atom. The highest BCUT2D eigenvalue weighted by molar-refractivity contribution is 7.92. The van der Waals surface area contributed by atoms with Gasteiger partial charge in [0.2, 0.25) is 0 Å². The van der Waals surface area contributed by atoms with Crippen LogP contribution in [-0.2, 0) is 27.7 Å². The van der Waals surface area contributed by atoms with E-state index in [1.54, 1.807) is 43.5 Å². The van der Waals surface area contributed by atoms with Crippen LogP contribution >= 0.6 is 0 Å². The number of alkyl halides is 2. The number of hydrogen-bond acceptors (Lipinski definition) is 7. The van der Waals surface area contributed by atoms with Crippen LogP contribution in [0.4, 0.5) is 8.78 Å². The fourth-order valence-electron chi connectivity index (χ4n) is 4.35. The Balaban J connectivity index is 1.37. The normalized spacial score (nSPS) is 16.5. The summed E-state index contributed by atoms with van der Waals surface area (Å²) in [6.45, 7) is 1.92. The lowest BCUT2D eigenvalue weighted by molar-refractivity contribution is 0.0949. The van der Waals surface area contributed by atoms with Crippen LogP contribution in [0.3, 0.4) is 0 Å². The summed E-state index contributed by atoms with van der Waals surface area (Å²) in [6, 6.07) is 14.0. The molecule has 11 heteroatoms. The molecule has 2 aromatic carbocycles. The van der Waals surface area contributed by atoms with Crippen LogP contribution in [0.2, 0.25) is 0 Å². The van der Waals surface area contributed by atoms with E-state index < -0.39 is 27.4 Å². The molecule has 0 bridgehead atoms. The van der Waals surface area contributed by atoms with Gasteiger partial charge in [-0.05, 0) is 55.0 Å². The molecular weight excluding hydrogens is 528 g/mol. The van der Waals surface area contributed by atoms with E-state index >= 15 is 0 Å². The van der Waals surface area contributed by atoms with E-state index in [1.165, 1.54) is 25.3 Å². The van der Waals surface area contributed by atoms with Gasteiger partial charge >= 0.3 is 0 Å². The number of nitrogens with one attached hydrogen (secondary N) is 1. The Bertz CT molecular complexity index is 1680. The number of ether oxygens (including phenoxy) is 2. The zero-order chi connectivity index (χ0) is 27.7. The van der Waals surface area contributed by atoms with Crippen molar-refractivity contribution in [2.24, 2.45) is 0 Å². The molecule has 1 aliphatic heterocycles. The first kappa shape index (κ1) is 26.6. The molecule has 202 valence electrons. The van der Waals surface area contributed by atoms with Crippen molar-refractivity contribution in [3.05, 3.63) is 83.2 Å². The van der Waals surface area contributed by atoms with Gasteiger partial charge in [-0.1, -0.05) is 12.1 Å². The quantitative estimate of drug-likeness (QED) is 0.363. The summed E-state index contributed by atoms with van der Waals surface area (Å²) in [5, 5.41) is 2.82. The lowest BCUT2D eigenvalue weighted by Crippen LogP contribution is -2.24. The van der Waals surface area contributed by atoms with Gasteiger partial charge in [0.1, 0.15) is 5.75 Å². The highest BCUT2D eigenvalue weighted by Crippen LogP contribution is 2.33. The van der Waals surface area contributed by atoms with Crippen molar-refractivity contribution in [2.75, 3.05) is 13.7 Å². The average Bonchev–Trinajstić information content (AvgIpc) is 3.05. The first-order valence-corrected chi connectivity index (χ1v) is 13.7. The Morgan fingerprint density at radius 1 is 1.15 bits per heavy atom. The summed E-state index contributed by atoms with van der Waals surface area (Å²) in [5.74, 6) is -0.164. The van der Waals surface area contributed by atoms with Crippen molar-refractivity contribution in [3.63, 3.8) is 0 Å². The summed E-state index contributed by atoms with van der Waals surface area (Å²) in [7, 11) is -2.20. The Kier molecular flexibility index (Phi) is 7.28. The van der Waals surface area contributed by atoms with Gasteiger partial charge in [0, 0.05) is 28.3 Å². The molecule has 0 unspecified atom stereocenters. The summed E-state index contributed by atoms with van der Waals surface area (Å²) >= 11 is 0. The molecule has 1 aliphatic rings. The predicted molar refractivity (Wildman–Crippen MR) is 140 cm³/mol. The molecule has 0 radical (unpaired) electrons. The van der Waals surface area contributed by atoms with Crippen LogP contribution in [0, 0.1) is 0 Å². The third-order valence-corrected chi connectivity index (χ3v) is 8.78. The standard InChI is InChI=1S/C28H25F2N3O5S/c1-16-14-38-15-20-4-3-18(10-26(20)39(16,35)36)28(34)32-13-21-11-24-19(12-31-21)6-8-23(33-24)22-7-5-17(27(29)30)9-25(22)37-2/h3-12,16,27H,13-15H2,1-2H3,(H,32,34)/t16-/m0/s1. The van der Waals surface area contributed by atoms with Gasteiger partial charge in [-0.15, -0.1) is 0 Å². The van der Waals surface area contributed by atoms with Gasteiger partial charge in [0.05, 0.1) is 53.9 Å². The number of fused-ring (bicyclic) bond motifs is 2. The topological polar surface area (TPSA) is 107 Å². The molecule has 3 heterocycles.